The Morgan fingerprint density at radius 3 is 1.92 bits per heavy atom. The van der Waals surface area contributed by atoms with Gasteiger partial charge in [-0.3, -0.25) is 36.5 Å². The average Bonchev–Trinajstić information content (AvgIpc) is 1.50. The highest BCUT2D eigenvalue weighted by molar-refractivity contribution is 7.99. The number of azo groups is 3. The number of aromatic hydroxyl groups is 1. The predicted molar refractivity (Wildman–Crippen MR) is 308 cm³/mol. The van der Waals surface area contributed by atoms with Crippen LogP contribution in [0.15, 0.2) is 110 Å². The van der Waals surface area contributed by atoms with Gasteiger partial charge in [-0.1, -0.05) is 11.3 Å². The lowest BCUT2D eigenvalue weighted by molar-refractivity contribution is -0.114. The number of pyridine rings is 1. The van der Waals surface area contributed by atoms with Crippen molar-refractivity contribution in [2.75, 3.05) is 29.2 Å². The first-order valence-corrected chi connectivity index (χ1v) is 34.5. The SMILES string of the molecule is CC(=O)Nc1cc(N=Nc2cc(OCCCS(=O)(=O)O)c(N=Nc3c(C)c(C#N)c4nc5cc(S(=O)(=O)O)c(C)cc5n4c3O)cc2C)c(SCCCS(=O)(=O)O)cc1N=Nc1nc2c(S(=O)(=O)O)cc3c(S(=O)(=O)O)cc(S(=O)(=O)O)cc3c2s1. The molecule has 0 saturated carbocycles. The molecule has 5 aromatic carbocycles. The molecular weight excluding hydrogens is 1300 g/mol. The molecule has 0 bridgehead atoms. The first-order chi connectivity index (χ1) is 39.8. The van der Waals surface area contributed by atoms with Crippen molar-refractivity contribution >= 4 is 167 Å². The Morgan fingerprint density at radius 1 is 0.674 bits per heavy atom. The van der Waals surface area contributed by atoms with Crippen LogP contribution in [0, 0.1) is 32.1 Å². The van der Waals surface area contributed by atoms with Gasteiger partial charge in [0.1, 0.15) is 49.8 Å². The van der Waals surface area contributed by atoms with Crippen molar-refractivity contribution in [1.29, 1.82) is 5.26 Å². The van der Waals surface area contributed by atoms with E-state index in [1.165, 1.54) is 44.2 Å². The number of anilines is 1. The number of carbonyl (C=O) groups is 1. The molecule has 0 spiro atoms. The number of amides is 1. The quantitative estimate of drug-likeness (QED) is 0.0144. The summed E-state index contributed by atoms with van der Waals surface area (Å²) >= 11 is 1.42. The van der Waals surface area contributed by atoms with Crippen LogP contribution in [0.25, 0.3) is 37.7 Å². The number of aryl methyl sites for hydroxylation is 2. The highest BCUT2D eigenvalue weighted by atomic mass is 32.2. The zero-order chi connectivity index (χ0) is 63.4. The zero-order valence-corrected chi connectivity index (χ0v) is 50.6. The molecule has 0 fully saturated rings. The number of rotatable bonds is 21. The fourth-order valence-corrected chi connectivity index (χ4v) is 14.2. The fraction of sp³-hybridized carbons (Fsp3) is 0.217. The molecule has 0 aliphatic carbocycles. The number of hydrogen-bond donors (Lipinski definition) is 8. The van der Waals surface area contributed by atoms with Crippen molar-refractivity contribution in [3.63, 3.8) is 0 Å². The molecule has 0 aliphatic rings. The topological polar surface area (TPSA) is 513 Å². The van der Waals surface area contributed by atoms with E-state index in [2.05, 4.69) is 46.0 Å². The number of thiazole rings is 1. The molecule has 0 atom stereocenters. The second-order valence-electron chi connectivity index (χ2n) is 18.3. The molecule has 1 amide bonds. The Kier molecular flexibility index (Phi) is 17.9. The fourth-order valence-electron chi connectivity index (χ4n) is 8.32. The van der Waals surface area contributed by atoms with Crippen molar-refractivity contribution in [2.45, 2.75) is 65.0 Å². The van der Waals surface area contributed by atoms with Crippen LogP contribution in [-0.4, -0.2) is 127 Å². The summed E-state index contributed by atoms with van der Waals surface area (Å²) in [5.74, 6) is -2.84. The van der Waals surface area contributed by atoms with Gasteiger partial charge in [0.25, 0.3) is 60.7 Å². The molecule has 0 radical (unpaired) electrons. The number of nitrogens with zero attached hydrogens (tertiary/aromatic N) is 10. The number of thioether (sulfide) groups is 1. The number of nitrogens with one attached hydrogen (secondary N) is 1. The molecular formula is C46H41N11O21S8. The second kappa shape index (κ2) is 23.9. The van der Waals surface area contributed by atoms with Crippen molar-refractivity contribution in [3.8, 4) is 17.7 Å². The summed E-state index contributed by atoms with van der Waals surface area (Å²) in [4.78, 5) is 17.6. The van der Waals surface area contributed by atoms with E-state index in [0.717, 1.165) is 35.2 Å². The van der Waals surface area contributed by atoms with Gasteiger partial charge in [0.2, 0.25) is 16.9 Å². The van der Waals surface area contributed by atoms with E-state index in [1.807, 2.05) is 6.07 Å². The normalized spacial score (nSPS) is 13.1. The van der Waals surface area contributed by atoms with Crippen molar-refractivity contribution < 1.29 is 92.5 Å². The Hall–Kier alpha value is -7.63. The molecule has 0 aliphatic heterocycles. The van der Waals surface area contributed by atoms with Gasteiger partial charge in [0.15, 0.2) is 11.3 Å². The lowest BCUT2D eigenvalue weighted by Gasteiger charge is -2.13. The van der Waals surface area contributed by atoms with Crippen LogP contribution in [-0.2, 0) is 65.5 Å². The molecule has 8 aromatic rings. The molecule has 32 nitrogen and oxygen atoms in total. The number of benzene rings is 5. The van der Waals surface area contributed by atoms with Crippen molar-refractivity contribution in [3.05, 3.63) is 76.9 Å². The van der Waals surface area contributed by atoms with Crippen LogP contribution in [0.2, 0.25) is 0 Å². The number of nitriles is 1. The molecule has 3 heterocycles. The van der Waals surface area contributed by atoms with Gasteiger partial charge in [0, 0.05) is 34.2 Å². The summed E-state index contributed by atoms with van der Waals surface area (Å²) in [7, 11) is -29.4. The van der Waals surface area contributed by atoms with Gasteiger partial charge in [-0.15, -0.1) is 37.3 Å². The van der Waals surface area contributed by atoms with Crippen LogP contribution in [0.3, 0.4) is 0 Å². The van der Waals surface area contributed by atoms with Crippen LogP contribution < -0.4 is 10.1 Å². The number of aromatic nitrogens is 3. The minimum absolute atomic E-state index is 0.0232. The van der Waals surface area contributed by atoms with E-state index < -0.39 is 125 Å². The molecule has 86 heavy (non-hydrogen) atoms. The van der Waals surface area contributed by atoms with E-state index in [4.69, 9.17) is 4.74 Å². The third-order valence-electron chi connectivity index (χ3n) is 12.1. The van der Waals surface area contributed by atoms with Crippen LogP contribution in [0.1, 0.15) is 42.0 Å². The summed E-state index contributed by atoms with van der Waals surface area (Å²) in [5.41, 5.74) is -0.928. The highest BCUT2D eigenvalue weighted by Crippen LogP contribution is 2.46. The molecule has 0 saturated heterocycles. The van der Waals surface area contributed by atoms with Crippen molar-refractivity contribution in [2.24, 2.45) is 30.7 Å². The van der Waals surface area contributed by atoms with Crippen LogP contribution in [0.4, 0.5) is 39.3 Å². The summed E-state index contributed by atoms with van der Waals surface area (Å²) in [6.45, 7) is 5.10. The maximum Gasteiger partial charge on any atom is 0.296 e. The number of hydrogen-bond acceptors (Lipinski definition) is 26. The maximum absolute atomic E-state index is 12.7. The Morgan fingerprint density at radius 2 is 1.30 bits per heavy atom. The number of carbonyl (C=O) groups excluding carboxylic acids is 1. The third kappa shape index (κ3) is 14.4. The first kappa shape index (κ1) is 64.4. The van der Waals surface area contributed by atoms with E-state index in [-0.39, 0.29) is 108 Å². The van der Waals surface area contributed by atoms with Crippen LogP contribution in [0.5, 0.6) is 11.6 Å². The summed E-state index contributed by atoms with van der Waals surface area (Å²) < 4.78 is 211. The van der Waals surface area contributed by atoms with Crippen LogP contribution >= 0.6 is 23.1 Å². The van der Waals surface area contributed by atoms with Gasteiger partial charge < -0.3 is 15.2 Å². The monoisotopic (exact) mass is 1340 g/mol. The maximum atomic E-state index is 12.7. The predicted octanol–water partition coefficient (Wildman–Crippen LogP) is 8.97. The minimum Gasteiger partial charge on any atom is -0.493 e. The Bertz CT molecular complexity index is 5080. The molecule has 3 aromatic heterocycles. The lowest BCUT2D eigenvalue weighted by atomic mass is 10.1. The molecule has 40 heteroatoms. The Labute approximate surface area is 494 Å². The van der Waals surface area contributed by atoms with E-state index in [9.17, 15) is 93.0 Å². The zero-order valence-electron chi connectivity index (χ0n) is 44.0. The first-order valence-electron chi connectivity index (χ1n) is 23.7. The smallest absolute Gasteiger partial charge is 0.296 e. The van der Waals surface area contributed by atoms with Gasteiger partial charge in [-0.25, -0.2) is 9.97 Å². The summed E-state index contributed by atoms with van der Waals surface area (Å²) in [6, 6.07) is 11.3. The largest absolute Gasteiger partial charge is 0.493 e. The molecule has 8 rings (SSSR count). The minimum atomic E-state index is -5.36. The third-order valence-corrected chi connectivity index (χ3v) is 19.4. The summed E-state index contributed by atoms with van der Waals surface area (Å²) in [6.07, 6.45) is -0.384. The molecule has 0 unspecified atom stereocenters. The standard InChI is InChI=1S/C46H41N11O21S8/c1-21-11-33(53-55-41-23(3)28(20-47)44-49-32-19-38(84(69,70)71)22(2)12-35(32)57(44)45(41)59)36(78-7-5-9-81(60,61)62)17-29(21)51-54-34-16-30(48-24(4)58)31(18-37(34)79-8-6-10-82(63,64)65)52-56-46-50-42-40(86(75,76)77)15-26-27(43(42)80-46)13-25(83(66,67)68)14-39(26)85(72,73)74/h11-19,59H,5-10H2,1-4H3,(H,48,58)(H,60,61,62)(H,63,64,65)(H,66,67,68)(H,69,70,71)(H,72,73,74)(H,75,76,77). The van der Waals surface area contributed by atoms with Crippen molar-refractivity contribution in [1.82, 2.24) is 14.4 Å². The van der Waals surface area contributed by atoms with Gasteiger partial charge >= 0.3 is 0 Å². The highest BCUT2D eigenvalue weighted by Gasteiger charge is 2.29. The summed E-state index contributed by atoms with van der Waals surface area (Å²) in [5, 5.41) is 48.6. The van der Waals surface area contributed by atoms with Gasteiger partial charge in [0.05, 0.1) is 55.0 Å². The van der Waals surface area contributed by atoms with E-state index in [1.54, 1.807) is 6.92 Å². The number of ether oxygens (including phenoxy) is 1. The number of fused-ring (bicyclic) bond motifs is 6. The van der Waals surface area contributed by atoms with Gasteiger partial charge in [-0.2, -0.15) is 60.9 Å². The molecule has 8 N–H and O–H groups in total. The van der Waals surface area contributed by atoms with Gasteiger partial charge in [-0.05, 0) is 99.0 Å². The molecule has 454 valence electrons. The average molecular weight is 1340 g/mol. The number of imidazole rings is 1. The van der Waals surface area contributed by atoms with E-state index >= 15 is 0 Å². The Balaban J connectivity index is 1.24. The lowest BCUT2D eigenvalue weighted by Crippen LogP contribution is -2.08. The second-order valence-corrected chi connectivity index (χ2v) is 29.2. The van der Waals surface area contributed by atoms with E-state index in [0.29, 0.717) is 29.0 Å².